The van der Waals surface area contributed by atoms with E-state index in [1.807, 2.05) is 0 Å². The molecule has 0 radical (unpaired) electrons. The first-order valence-electron chi connectivity index (χ1n) is 8.41. The zero-order valence-electron chi connectivity index (χ0n) is 14.3. The van der Waals surface area contributed by atoms with Gasteiger partial charge in [-0.05, 0) is 0 Å². The summed E-state index contributed by atoms with van der Waals surface area (Å²) in [4.78, 5) is 21.0. The third kappa shape index (κ3) is 3.64. The fraction of sp³-hybridized carbons (Fsp3) is 0.294. The first kappa shape index (κ1) is 17.5. The van der Waals surface area contributed by atoms with Crippen LogP contribution >= 0.6 is 11.6 Å². The summed E-state index contributed by atoms with van der Waals surface area (Å²) >= 11 is 5.90. The van der Waals surface area contributed by atoms with Crippen molar-refractivity contribution in [3.8, 4) is 5.75 Å². The predicted octanol–water partition coefficient (Wildman–Crippen LogP) is 2.17. The number of nitrogens with two attached hydrogens (primary N) is 1. The number of halogens is 1. The molecule has 0 aromatic carbocycles. The Balaban J connectivity index is 1.59. The van der Waals surface area contributed by atoms with Gasteiger partial charge in [0.25, 0.3) is 5.91 Å². The van der Waals surface area contributed by atoms with Crippen LogP contribution in [-0.2, 0) is 4.74 Å². The summed E-state index contributed by atoms with van der Waals surface area (Å²) in [6.45, 7) is 1.31. The Kier molecular flexibility index (Phi) is 4.78. The van der Waals surface area contributed by atoms with Crippen molar-refractivity contribution in [1.29, 1.82) is 0 Å². The second-order valence-corrected chi connectivity index (χ2v) is 6.49. The molecule has 4 rings (SSSR count). The standard InChI is InChI=1S/C17H17ClN6O3/c18-10-7-21-16-14(15(19)23-24(16)9-10)17(25)22-12-8-20-4-1-13(12)27-11-2-5-26-6-3-11/h1,4,7-9,11H,2-3,5-6H2,(H2,19,23)(H,22,25). The molecule has 1 fully saturated rings. The lowest BCUT2D eigenvalue weighted by atomic mass is 10.1. The van der Waals surface area contributed by atoms with E-state index in [9.17, 15) is 4.79 Å². The van der Waals surface area contributed by atoms with Gasteiger partial charge in [0.1, 0.15) is 23.1 Å². The van der Waals surface area contributed by atoms with Crippen LogP contribution in [0.25, 0.3) is 5.65 Å². The summed E-state index contributed by atoms with van der Waals surface area (Å²) in [5.41, 5.74) is 6.82. The molecule has 1 aliphatic rings. The summed E-state index contributed by atoms with van der Waals surface area (Å²) in [5.74, 6) is 0.136. The van der Waals surface area contributed by atoms with Crippen molar-refractivity contribution in [2.45, 2.75) is 18.9 Å². The number of nitrogens with one attached hydrogen (secondary N) is 1. The SMILES string of the molecule is Nc1nn2cc(Cl)cnc2c1C(=O)Nc1cnccc1OC1CCOCC1. The number of nitrogen functional groups attached to an aromatic ring is 1. The molecule has 3 aromatic rings. The number of nitrogens with zero attached hydrogens (tertiary/aromatic N) is 4. The topological polar surface area (TPSA) is 117 Å². The van der Waals surface area contributed by atoms with Gasteiger partial charge in [0.2, 0.25) is 0 Å². The molecule has 1 aliphatic heterocycles. The Bertz CT molecular complexity index is 986. The van der Waals surface area contributed by atoms with Crippen molar-refractivity contribution < 1.29 is 14.3 Å². The minimum atomic E-state index is -0.456. The smallest absolute Gasteiger partial charge is 0.263 e. The van der Waals surface area contributed by atoms with Gasteiger partial charge in [-0.3, -0.25) is 9.78 Å². The number of fused-ring (bicyclic) bond motifs is 1. The van der Waals surface area contributed by atoms with E-state index < -0.39 is 5.91 Å². The Labute approximate surface area is 159 Å². The van der Waals surface area contributed by atoms with Crippen LogP contribution in [0.2, 0.25) is 5.02 Å². The zero-order valence-corrected chi connectivity index (χ0v) is 15.0. The van der Waals surface area contributed by atoms with Crippen LogP contribution in [0.5, 0.6) is 5.75 Å². The first-order chi connectivity index (χ1) is 13.1. The molecule has 10 heteroatoms. The second kappa shape index (κ2) is 7.37. The molecule has 3 N–H and O–H groups in total. The minimum Gasteiger partial charge on any atom is -0.488 e. The van der Waals surface area contributed by atoms with Gasteiger partial charge >= 0.3 is 0 Å². The van der Waals surface area contributed by atoms with E-state index in [4.69, 9.17) is 26.8 Å². The van der Waals surface area contributed by atoms with Crippen molar-refractivity contribution in [3.05, 3.63) is 41.4 Å². The van der Waals surface area contributed by atoms with Crippen molar-refractivity contribution in [2.24, 2.45) is 0 Å². The molecular formula is C17H17ClN6O3. The normalized spacial score (nSPS) is 15.0. The van der Waals surface area contributed by atoms with Gasteiger partial charge in [-0.15, -0.1) is 5.10 Å². The minimum absolute atomic E-state index is 0.0302. The van der Waals surface area contributed by atoms with E-state index in [1.165, 1.54) is 23.1 Å². The van der Waals surface area contributed by atoms with Crippen molar-refractivity contribution >= 4 is 34.7 Å². The van der Waals surface area contributed by atoms with Crippen molar-refractivity contribution in [2.75, 3.05) is 24.3 Å². The van der Waals surface area contributed by atoms with Crippen LogP contribution in [0.1, 0.15) is 23.2 Å². The summed E-state index contributed by atoms with van der Waals surface area (Å²) in [5, 5.41) is 7.25. The number of ether oxygens (including phenoxy) is 2. The molecule has 0 bridgehead atoms. The number of hydrogen-bond acceptors (Lipinski definition) is 7. The maximum atomic E-state index is 12.8. The quantitative estimate of drug-likeness (QED) is 0.703. The third-order valence-electron chi connectivity index (χ3n) is 4.19. The monoisotopic (exact) mass is 388 g/mol. The van der Waals surface area contributed by atoms with Gasteiger partial charge in [0, 0.05) is 31.3 Å². The Morgan fingerprint density at radius 3 is 3.00 bits per heavy atom. The number of anilines is 2. The highest BCUT2D eigenvalue weighted by Crippen LogP contribution is 2.28. The maximum Gasteiger partial charge on any atom is 0.263 e. The van der Waals surface area contributed by atoms with Crippen LogP contribution in [0.3, 0.4) is 0 Å². The number of hydrogen-bond donors (Lipinski definition) is 2. The summed E-state index contributed by atoms with van der Waals surface area (Å²) in [6, 6.07) is 1.71. The lowest BCUT2D eigenvalue weighted by Crippen LogP contribution is -2.26. The zero-order chi connectivity index (χ0) is 18.8. The van der Waals surface area contributed by atoms with E-state index in [0.717, 1.165) is 12.8 Å². The van der Waals surface area contributed by atoms with Crippen LogP contribution in [0.4, 0.5) is 11.5 Å². The van der Waals surface area contributed by atoms with Gasteiger partial charge < -0.3 is 20.5 Å². The summed E-state index contributed by atoms with van der Waals surface area (Å²) < 4.78 is 12.7. The average molecular weight is 389 g/mol. The molecule has 0 unspecified atom stereocenters. The molecule has 0 saturated carbocycles. The van der Waals surface area contributed by atoms with Crippen molar-refractivity contribution in [3.63, 3.8) is 0 Å². The van der Waals surface area contributed by atoms with E-state index in [2.05, 4.69) is 20.4 Å². The van der Waals surface area contributed by atoms with E-state index in [-0.39, 0.29) is 17.5 Å². The molecule has 3 aromatic heterocycles. The lowest BCUT2D eigenvalue weighted by molar-refractivity contribution is 0.0258. The fourth-order valence-electron chi connectivity index (χ4n) is 2.88. The number of amides is 1. The second-order valence-electron chi connectivity index (χ2n) is 6.06. The molecular weight excluding hydrogens is 372 g/mol. The molecule has 0 atom stereocenters. The summed E-state index contributed by atoms with van der Waals surface area (Å²) in [7, 11) is 0. The molecule has 4 heterocycles. The van der Waals surface area contributed by atoms with Gasteiger partial charge in [0.05, 0.1) is 30.6 Å². The highest BCUT2D eigenvalue weighted by molar-refractivity contribution is 6.30. The molecule has 1 saturated heterocycles. The largest absolute Gasteiger partial charge is 0.488 e. The van der Waals surface area contributed by atoms with Crippen LogP contribution in [0.15, 0.2) is 30.9 Å². The third-order valence-corrected chi connectivity index (χ3v) is 4.38. The molecule has 140 valence electrons. The van der Waals surface area contributed by atoms with E-state index in [0.29, 0.717) is 35.3 Å². The highest BCUT2D eigenvalue weighted by Gasteiger charge is 2.22. The molecule has 9 nitrogen and oxygen atoms in total. The van der Waals surface area contributed by atoms with Gasteiger partial charge in [-0.25, -0.2) is 9.50 Å². The van der Waals surface area contributed by atoms with E-state index in [1.54, 1.807) is 12.3 Å². The fourth-order valence-corrected chi connectivity index (χ4v) is 3.02. The number of pyridine rings is 1. The van der Waals surface area contributed by atoms with E-state index >= 15 is 0 Å². The predicted molar refractivity (Wildman–Crippen MR) is 99.1 cm³/mol. The highest BCUT2D eigenvalue weighted by atomic mass is 35.5. The Morgan fingerprint density at radius 2 is 2.19 bits per heavy atom. The van der Waals surface area contributed by atoms with Gasteiger partial charge in [0.15, 0.2) is 11.5 Å². The van der Waals surface area contributed by atoms with Crippen LogP contribution in [0, 0.1) is 0 Å². The lowest BCUT2D eigenvalue weighted by Gasteiger charge is -2.24. The molecule has 0 aliphatic carbocycles. The number of carbonyl (C=O) groups is 1. The number of rotatable bonds is 4. The van der Waals surface area contributed by atoms with Crippen LogP contribution < -0.4 is 15.8 Å². The molecule has 27 heavy (non-hydrogen) atoms. The average Bonchev–Trinajstić information content (AvgIpc) is 2.99. The molecule has 1 amide bonds. The summed E-state index contributed by atoms with van der Waals surface area (Å²) in [6.07, 6.45) is 7.71. The Morgan fingerprint density at radius 1 is 1.37 bits per heavy atom. The van der Waals surface area contributed by atoms with Gasteiger partial charge in [-0.1, -0.05) is 11.6 Å². The van der Waals surface area contributed by atoms with Gasteiger partial charge in [-0.2, -0.15) is 0 Å². The number of carbonyl (C=O) groups excluding carboxylic acids is 1. The Hall–Kier alpha value is -2.91. The van der Waals surface area contributed by atoms with Crippen LogP contribution in [-0.4, -0.2) is 44.8 Å². The van der Waals surface area contributed by atoms with Crippen molar-refractivity contribution in [1.82, 2.24) is 19.6 Å². The number of aromatic nitrogens is 4. The first-order valence-corrected chi connectivity index (χ1v) is 8.79. The maximum absolute atomic E-state index is 12.8. The molecule has 0 spiro atoms.